The van der Waals surface area contributed by atoms with Crippen molar-refractivity contribution >= 4 is 27.6 Å². The first-order valence-corrected chi connectivity index (χ1v) is 12.6. The molecule has 4 aromatic rings. The van der Waals surface area contributed by atoms with E-state index in [9.17, 15) is 19.1 Å². The van der Waals surface area contributed by atoms with Gasteiger partial charge in [0.2, 0.25) is 0 Å². The number of carbonyl (C=O) groups excluding carboxylic acids is 1. The number of nitrogens with zero attached hydrogens (tertiary/aromatic N) is 3. The van der Waals surface area contributed by atoms with Crippen molar-refractivity contribution in [2.24, 2.45) is 0 Å². The first-order valence-electron chi connectivity index (χ1n) is 12.6. The molecule has 0 atom stereocenters. The van der Waals surface area contributed by atoms with E-state index in [1.807, 2.05) is 32.9 Å². The van der Waals surface area contributed by atoms with Gasteiger partial charge in [0, 0.05) is 27.5 Å². The lowest BCUT2D eigenvalue weighted by Gasteiger charge is -2.25. The summed E-state index contributed by atoms with van der Waals surface area (Å²) < 4.78 is 23.2. The zero-order valence-electron chi connectivity index (χ0n) is 22.3. The number of carbonyl (C=O) groups is 1. The standard InChI is InChI=1S/C29H34FN3O4/c1-7-29(36,8-2)17-33-27(35)21-12-10-9-11-20(21)26(31-33)25-18(3)32(16-24(34)37-28(4,5)6)23-14-13-19(30)15-22(23)25/h9-15,36H,7-8,16-17H2,1-6H3. The van der Waals surface area contributed by atoms with E-state index in [-0.39, 0.29) is 18.6 Å². The number of esters is 1. The highest BCUT2D eigenvalue weighted by atomic mass is 19.1. The molecule has 37 heavy (non-hydrogen) atoms. The summed E-state index contributed by atoms with van der Waals surface area (Å²) in [6, 6.07) is 11.5. The first kappa shape index (κ1) is 26.5. The minimum Gasteiger partial charge on any atom is -0.459 e. The number of benzene rings is 2. The average Bonchev–Trinajstić information content (AvgIpc) is 3.09. The van der Waals surface area contributed by atoms with Crippen LogP contribution >= 0.6 is 0 Å². The molecule has 0 amide bonds. The predicted molar refractivity (Wildman–Crippen MR) is 143 cm³/mol. The minimum absolute atomic E-state index is 0.0284. The first-order chi connectivity index (χ1) is 17.4. The summed E-state index contributed by atoms with van der Waals surface area (Å²) in [4.78, 5) is 26.1. The SMILES string of the molecule is CCC(O)(CC)Cn1nc(-c2c(C)n(CC(=O)OC(C)(C)C)c3ccc(F)cc23)c2ccccc2c1=O. The highest BCUT2D eigenvalue weighted by Gasteiger charge is 2.27. The van der Waals surface area contributed by atoms with Crippen LogP contribution in [0.3, 0.4) is 0 Å². The smallest absolute Gasteiger partial charge is 0.326 e. The Morgan fingerprint density at radius 1 is 1.05 bits per heavy atom. The molecule has 0 fully saturated rings. The Hall–Kier alpha value is -3.52. The largest absolute Gasteiger partial charge is 0.459 e. The number of aromatic nitrogens is 3. The van der Waals surface area contributed by atoms with E-state index in [0.29, 0.717) is 51.5 Å². The van der Waals surface area contributed by atoms with Crippen molar-refractivity contribution in [1.82, 2.24) is 14.3 Å². The van der Waals surface area contributed by atoms with Crippen LogP contribution in [-0.2, 0) is 22.6 Å². The van der Waals surface area contributed by atoms with Crippen LogP contribution in [0.15, 0.2) is 47.3 Å². The fraction of sp³-hybridized carbons (Fsp3) is 0.414. The van der Waals surface area contributed by atoms with Gasteiger partial charge in [0.1, 0.15) is 23.7 Å². The van der Waals surface area contributed by atoms with Gasteiger partial charge in [0.05, 0.1) is 17.5 Å². The third-order valence-electron chi connectivity index (χ3n) is 6.86. The van der Waals surface area contributed by atoms with Crippen molar-refractivity contribution in [3.05, 3.63) is 64.3 Å². The van der Waals surface area contributed by atoms with Gasteiger partial charge in [-0.15, -0.1) is 0 Å². The van der Waals surface area contributed by atoms with Gasteiger partial charge in [-0.1, -0.05) is 32.0 Å². The van der Waals surface area contributed by atoms with Crippen LogP contribution in [-0.4, -0.2) is 36.6 Å². The van der Waals surface area contributed by atoms with E-state index < -0.39 is 23.0 Å². The van der Waals surface area contributed by atoms with E-state index >= 15 is 0 Å². The van der Waals surface area contributed by atoms with Gasteiger partial charge >= 0.3 is 5.97 Å². The summed E-state index contributed by atoms with van der Waals surface area (Å²) in [5.74, 6) is -0.839. The number of ether oxygens (including phenoxy) is 1. The van der Waals surface area contributed by atoms with Gasteiger partial charge in [0.25, 0.3) is 5.56 Å². The fourth-order valence-corrected chi connectivity index (χ4v) is 4.74. The molecular weight excluding hydrogens is 473 g/mol. The summed E-state index contributed by atoms with van der Waals surface area (Å²) in [5.41, 5.74) is 0.410. The number of rotatable bonds is 7. The number of aliphatic hydroxyl groups is 1. The third kappa shape index (κ3) is 5.16. The average molecular weight is 508 g/mol. The summed E-state index contributed by atoms with van der Waals surface area (Å²) in [6.45, 7) is 11.0. The van der Waals surface area contributed by atoms with E-state index in [1.165, 1.54) is 16.8 Å². The van der Waals surface area contributed by atoms with Crippen LogP contribution in [0.25, 0.3) is 32.9 Å². The van der Waals surface area contributed by atoms with Crippen molar-refractivity contribution in [2.45, 2.75) is 78.7 Å². The van der Waals surface area contributed by atoms with Crippen LogP contribution in [0.4, 0.5) is 4.39 Å². The van der Waals surface area contributed by atoms with Gasteiger partial charge in [-0.05, 0) is 64.8 Å². The van der Waals surface area contributed by atoms with Crippen molar-refractivity contribution in [1.29, 1.82) is 0 Å². The van der Waals surface area contributed by atoms with Gasteiger partial charge in [0.15, 0.2) is 0 Å². The maximum Gasteiger partial charge on any atom is 0.326 e. The summed E-state index contributed by atoms with van der Waals surface area (Å²) in [6.07, 6.45) is 0.915. The maximum atomic E-state index is 14.5. The Labute approximate surface area is 215 Å². The van der Waals surface area contributed by atoms with Crippen LogP contribution in [0.1, 0.15) is 53.2 Å². The van der Waals surface area contributed by atoms with E-state index in [2.05, 4.69) is 0 Å². The molecule has 7 nitrogen and oxygen atoms in total. The molecule has 2 aromatic carbocycles. The molecule has 0 spiro atoms. The lowest BCUT2D eigenvalue weighted by Crippen LogP contribution is -2.38. The second-order valence-corrected chi connectivity index (χ2v) is 10.6. The number of hydrogen-bond acceptors (Lipinski definition) is 5. The zero-order valence-corrected chi connectivity index (χ0v) is 22.3. The molecule has 0 aliphatic carbocycles. The molecule has 8 heteroatoms. The molecule has 0 radical (unpaired) electrons. The zero-order chi connectivity index (χ0) is 27.1. The van der Waals surface area contributed by atoms with Gasteiger partial charge in [-0.2, -0.15) is 5.10 Å². The molecule has 196 valence electrons. The summed E-state index contributed by atoms with van der Waals surface area (Å²) >= 11 is 0. The second-order valence-electron chi connectivity index (χ2n) is 10.6. The van der Waals surface area contributed by atoms with E-state index in [1.54, 1.807) is 43.5 Å². The molecule has 4 rings (SSSR count). The topological polar surface area (TPSA) is 86.3 Å². The van der Waals surface area contributed by atoms with E-state index in [4.69, 9.17) is 9.84 Å². The van der Waals surface area contributed by atoms with Crippen molar-refractivity contribution in [3.8, 4) is 11.3 Å². The number of hydrogen-bond donors (Lipinski definition) is 1. The molecule has 0 aliphatic heterocycles. The molecule has 0 saturated heterocycles. The van der Waals surface area contributed by atoms with Gasteiger partial charge in [-0.3, -0.25) is 9.59 Å². The second kappa shape index (κ2) is 9.74. The lowest BCUT2D eigenvalue weighted by atomic mass is 9.97. The molecule has 0 bridgehead atoms. The summed E-state index contributed by atoms with van der Waals surface area (Å²) in [5, 5.41) is 17.4. The molecule has 2 heterocycles. The number of halogens is 1. The molecule has 1 N–H and O–H groups in total. The highest BCUT2D eigenvalue weighted by Crippen LogP contribution is 2.37. The Kier molecular flexibility index (Phi) is 6.99. The Balaban J connectivity index is 2.01. The Bertz CT molecular complexity index is 1540. The Morgan fingerprint density at radius 3 is 2.32 bits per heavy atom. The minimum atomic E-state index is -1.09. The molecular formula is C29H34FN3O4. The van der Waals surface area contributed by atoms with Crippen LogP contribution in [0, 0.1) is 12.7 Å². The van der Waals surface area contributed by atoms with Gasteiger partial charge in [-0.25, -0.2) is 9.07 Å². The molecule has 0 aliphatic rings. The third-order valence-corrected chi connectivity index (χ3v) is 6.86. The van der Waals surface area contributed by atoms with Crippen molar-refractivity contribution in [2.75, 3.05) is 0 Å². The predicted octanol–water partition coefficient (Wildman–Crippen LogP) is 5.36. The monoisotopic (exact) mass is 507 g/mol. The summed E-state index contributed by atoms with van der Waals surface area (Å²) in [7, 11) is 0. The molecule has 0 unspecified atom stereocenters. The Morgan fingerprint density at radius 2 is 1.70 bits per heavy atom. The fourth-order valence-electron chi connectivity index (χ4n) is 4.74. The van der Waals surface area contributed by atoms with Gasteiger partial charge < -0.3 is 14.4 Å². The quantitative estimate of drug-likeness (QED) is 0.341. The van der Waals surface area contributed by atoms with Crippen molar-refractivity contribution in [3.63, 3.8) is 0 Å². The number of fused-ring (bicyclic) bond motifs is 2. The van der Waals surface area contributed by atoms with Crippen LogP contribution in [0.2, 0.25) is 0 Å². The van der Waals surface area contributed by atoms with Crippen LogP contribution in [0.5, 0.6) is 0 Å². The molecule has 0 saturated carbocycles. The van der Waals surface area contributed by atoms with Crippen LogP contribution < -0.4 is 5.56 Å². The normalized spacial score (nSPS) is 12.4. The van der Waals surface area contributed by atoms with Crippen molar-refractivity contribution < 1.29 is 19.0 Å². The lowest BCUT2D eigenvalue weighted by molar-refractivity contribution is -0.155. The maximum absolute atomic E-state index is 14.5. The highest BCUT2D eigenvalue weighted by molar-refractivity contribution is 6.05. The molecule has 2 aromatic heterocycles. The van der Waals surface area contributed by atoms with E-state index in [0.717, 1.165) is 0 Å².